The lowest BCUT2D eigenvalue weighted by Gasteiger charge is -2.35. The molecule has 6 rings (SSSR count). The smallest absolute Gasteiger partial charge is 0.389 e. The molecule has 3 aromatic carbocycles. The minimum Gasteiger partial charge on any atom is -0.389 e. The van der Waals surface area contributed by atoms with Gasteiger partial charge in [0, 0.05) is 28.6 Å². The lowest BCUT2D eigenvalue weighted by molar-refractivity contribution is -0.362. The zero-order valence-electron chi connectivity index (χ0n) is 32.7. The van der Waals surface area contributed by atoms with Gasteiger partial charge in [0.2, 0.25) is 0 Å². The maximum atomic E-state index is 17.8. The first-order valence-corrected chi connectivity index (χ1v) is 18.1. The lowest BCUT2D eigenvalue weighted by Crippen LogP contribution is -2.51. The summed E-state index contributed by atoms with van der Waals surface area (Å²) < 4.78 is 38.4. The van der Waals surface area contributed by atoms with E-state index in [9.17, 15) is 0 Å². The Hall–Kier alpha value is -3.99. The molecule has 50 heavy (non-hydrogen) atoms. The first-order valence-electron chi connectivity index (χ1n) is 18.1. The van der Waals surface area contributed by atoms with Crippen molar-refractivity contribution in [1.82, 2.24) is 4.48 Å². The minimum atomic E-state index is -4.30. The molecule has 0 amide bonds. The SMILES string of the molecule is CC1=CC(c2ccc(C(C)(C)C)cc2)=[N+]2C1=C(c1cc(C(C)(C)C)cc(C(C)(C)C)c1)c1c(C)cc(-c3ccc(C(C)(C)C)cc3)n1[B-]2(F)F. The molecular weight excluding hydrogens is 617 g/mol. The lowest BCUT2D eigenvalue weighted by atomic mass is 9.77. The fraction of sp³-hybridized carbons (Fsp3) is 0.400. The summed E-state index contributed by atoms with van der Waals surface area (Å²) in [6, 6.07) is 25.1. The summed E-state index contributed by atoms with van der Waals surface area (Å²) in [4.78, 5) is 0. The van der Waals surface area contributed by atoms with Crippen LogP contribution < -0.4 is 0 Å². The zero-order chi connectivity index (χ0) is 36.9. The summed E-state index contributed by atoms with van der Waals surface area (Å²) in [6.07, 6.45) is 1.97. The first-order chi connectivity index (χ1) is 22.9. The summed E-state index contributed by atoms with van der Waals surface area (Å²) in [5.74, 6) is 0. The molecule has 5 heteroatoms. The summed E-state index contributed by atoms with van der Waals surface area (Å²) in [7, 11) is 0. The van der Waals surface area contributed by atoms with Gasteiger partial charge in [-0.1, -0.05) is 138 Å². The Morgan fingerprint density at radius 3 is 1.42 bits per heavy atom. The molecule has 0 saturated heterocycles. The number of halogens is 2. The van der Waals surface area contributed by atoms with Crippen molar-refractivity contribution >= 4 is 18.3 Å². The predicted molar refractivity (Wildman–Crippen MR) is 210 cm³/mol. The first kappa shape index (κ1) is 35.8. The fourth-order valence-corrected chi connectivity index (χ4v) is 7.45. The molecule has 3 heterocycles. The van der Waals surface area contributed by atoms with Crippen LogP contribution in [0.1, 0.15) is 135 Å². The monoisotopic (exact) mass is 672 g/mol. The minimum absolute atomic E-state index is 0.0420. The average molecular weight is 673 g/mol. The third-order valence-electron chi connectivity index (χ3n) is 10.6. The Kier molecular flexibility index (Phi) is 8.25. The van der Waals surface area contributed by atoms with Crippen LogP contribution >= 0.6 is 0 Å². The van der Waals surface area contributed by atoms with E-state index >= 15 is 8.63 Å². The molecular formula is C45H55BF2N2. The van der Waals surface area contributed by atoms with Gasteiger partial charge in [0.15, 0.2) is 11.4 Å². The summed E-state index contributed by atoms with van der Waals surface area (Å²) in [5, 5.41) is 0. The molecule has 0 bridgehead atoms. The van der Waals surface area contributed by atoms with Gasteiger partial charge in [-0.25, -0.2) is 0 Å². The third kappa shape index (κ3) is 6.05. The normalized spacial score (nSPS) is 16.5. The Labute approximate surface area is 299 Å². The van der Waals surface area contributed by atoms with Crippen LogP contribution in [0, 0.1) is 6.92 Å². The number of hydrogen-bond donors (Lipinski definition) is 0. The summed E-state index contributed by atoms with van der Waals surface area (Å²) in [5.41, 5.74) is 11.7. The Morgan fingerprint density at radius 2 is 0.980 bits per heavy atom. The Morgan fingerprint density at radius 1 is 0.540 bits per heavy atom. The molecule has 0 unspecified atom stereocenters. The number of aromatic nitrogens is 1. The maximum absolute atomic E-state index is 17.8. The van der Waals surface area contributed by atoms with Gasteiger partial charge in [0.1, 0.15) is 0 Å². The van der Waals surface area contributed by atoms with Crippen molar-refractivity contribution in [3.05, 3.63) is 135 Å². The molecule has 2 aliphatic rings. The van der Waals surface area contributed by atoms with Crippen LogP contribution in [-0.2, 0) is 21.7 Å². The molecule has 1 aromatic heterocycles. The van der Waals surface area contributed by atoms with Crippen LogP contribution in [0.2, 0.25) is 0 Å². The van der Waals surface area contributed by atoms with Crippen molar-refractivity contribution < 1.29 is 13.1 Å². The quantitative estimate of drug-likeness (QED) is 0.191. The fourth-order valence-electron chi connectivity index (χ4n) is 7.45. The second-order valence-corrected chi connectivity index (χ2v) is 18.8. The third-order valence-corrected chi connectivity index (χ3v) is 10.6. The van der Waals surface area contributed by atoms with Crippen LogP contribution in [0.4, 0.5) is 8.63 Å². The molecule has 0 fully saturated rings. The highest BCUT2D eigenvalue weighted by molar-refractivity contribution is 6.59. The van der Waals surface area contributed by atoms with Crippen LogP contribution in [0.5, 0.6) is 0 Å². The number of nitrogens with zero attached hydrogens (tertiary/aromatic N) is 2. The van der Waals surface area contributed by atoms with Gasteiger partial charge >= 0.3 is 6.97 Å². The largest absolute Gasteiger partial charge is 0.737 e. The van der Waals surface area contributed by atoms with Crippen LogP contribution in [0.3, 0.4) is 0 Å². The van der Waals surface area contributed by atoms with E-state index in [1.807, 2.05) is 50.3 Å². The van der Waals surface area contributed by atoms with Crippen molar-refractivity contribution in [3.63, 3.8) is 0 Å². The number of benzene rings is 3. The van der Waals surface area contributed by atoms with Crippen molar-refractivity contribution in [1.29, 1.82) is 0 Å². The van der Waals surface area contributed by atoms with Gasteiger partial charge in [-0.05, 0) is 92.7 Å². The van der Waals surface area contributed by atoms with Crippen LogP contribution in [0.25, 0.3) is 16.8 Å². The van der Waals surface area contributed by atoms with E-state index < -0.39 is 6.97 Å². The Balaban J connectivity index is 1.73. The highest BCUT2D eigenvalue weighted by Gasteiger charge is 2.56. The van der Waals surface area contributed by atoms with Gasteiger partial charge < -0.3 is 17.6 Å². The molecule has 2 nitrogen and oxygen atoms in total. The zero-order valence-corrected chi connectivity index (χ0v) is 32.7. The van der Waals surface area contributed by atoms with Gasteiger partial charge in [0.25, 0.3) is 0 Å². The number of rotatable bonds is 3. The van der Waals surface area contributed by atoms with E-state index in [1.54, 1.807) is 0 Å². The van der Waals surface area contributed by atoms with Crippen LogP contribution in [0.15, 0.2) is 90.1 Å². The molecule has 0 radical (unpaired) electrons. The molecule has 0 saturated carbocycles. The molecule has 0 N–H and O–H groups in total. The molecule has 262 valence electrons. The molecule has 0 atom stereocenters. The van der Waals surface area contributed by atoms with Gasteiger partial charge in [0.05, 0.1) is 5.57 Å². The number of allylic oxidation sites excluding steroid dienone is 2. The molecule has 0 spiro atoms. The Bertz CT molecular complexity index is 2060. The van der Waals surface area contributed by atoms with Gasteiger partial charge in [-0.15, -0.1) is 0 Å². The number of fused-ring (bicyclic) bond motifs is 2. The van der Waals surface area contributed by atoms with Gasteiger partial charge in [-0.3, -0.25) is 0 Å². The van der Waals surface area contributed by atoms with E-state index in [2.05, 4.69) is 126 Å². The van der Waals surface area contributed by atoms with E-state index in [-0.39, 0.29) is 21.7 Å². The van der Waals surface area contributed by atoms with Crippen LogP contribution in [-0.4, -0.2) is 21.6 Å². The van der Waals surface area contributed by atoms with E-state index in [1.165, 1.54) is 31.2 Å². The number of aryl methyl sites for hydroxylation is 1. The summed E-state index contributed by atoms with van der Waals surface area (Å²) in [6.45, 7) is 26.1. The highest BCUT2D eigenvalue weighted by Crippen LogP contribution is 2.48. The highest BCUT2D eigenvalue weighted by atomic mass is 19.2. The second-order valence-electron chi connectivity index (χ2n) is 18.8. The molecule has 4 aromatic rings. The molecule has 2 aliphatic heterocycles. The average Bonchev–Trinajstić information content (AvgIpc) is 3.54. The van der Waals surface area contributed by atoms with E-state index in [0.29, 0.717) is 22.8 Å². The second kappa shape index (κ2) is 11.5. The predicted octanol–water partition coefficient (Wildman–Crippen LogP) is 12.1. The molecule has 0 aliphatic carbocycles. The topological polar surface area (TPSA) is 7.94 Å². The van der Waals surface area contributed by atoms with E-state index in [4.69, 9.17) is 0 Å². The van der Waals surface area contributed by atoms with Crippen molar-refractivity contribution in [2.24, 2.45) is 0 Å². The van der Waals surface area contributed by atoms with Crippen molar-refractivity contribution in [2.75, 3.05) is 0 Å². The van der Waals surface area contributed by atoms with Crippen molar-refractivity contribution in [2.45, 2.75) is 119 Å². The van der Waals surface area contributed by atoms with Crippen molar-refractivity contribution in [3.8, 4) is 11.3 Å². The standard InChI is InChI=1S/C45H55BF2N2/c1-28-23-37(30-15-19-33(20-16-30)42(3,4)5)49-40(28)39(32-25-35(44(9,10)11)27-36(26-32)45(12,13)14)41-29(2)24-38(50(41)46(49,47)48)31-17-21-34(22-18-31)43(6,7)8/h15-27H,1-14H3. The van der Waals surface area contributed by atoms with Gasteiger partial charge in [-0.2, -0.15) is 0 Å². The number of hydrogen-bond acceptors (Lipinski definition) is 0. The summed E-state index contributed by atoms with van der Waals surface area (Å²) >= 11 is 0. The maximum Gasteiger partial charge on any atom is 0.737 e. The van der Waals surface area contributed by atoms with E-state index in [0.717, 1.165) is 33.4 Å².